The molecular weight excluding hydrogens is 424 g/mol. The summed E-state index contributed by atoms with van der Waals surface area (Å²) in [5.74, 6) is 0.939. The largest absolute Gasteiger partial charge is 0.346 e. The fourth-order valence-electron chi connectivity index (χ4n) is 3.28. The molecule has 1 aromatic carbocycles. The van der Waals surface area contributed by atoms with Crippen LogP contribution < -0.4 is 10.6 Å². The van der Waals surface area contributed by atoms with Crippen molar-refractivity contribution in [2.75, 3.05) is 10.6 Å². The third-order valence-electron chi connectivity index (χ3n) is 4.66. The number of fused-ring (bicyclic) bond motifs is 1. The summed E-state index contributed by atoms with van der Waals surface area (Å²) in [5, 5.41) is 20.6. The molecule has 2 N–H and O–H groups in total. The first-order valence-electron chi connectivity index (χ1n) is 10.1. The Bertz CT molecular complexity index is 1320. The van der Waals surface area contributed by atoms with Gasteiger partial charge in [-0.15, -0.1) is 26.3 Å². The van der Waals surface area contributed by atoms with Gasteiger partial charge in [0.05, 0.1) is 11.4 Å². The minimum absolute atomic E-state index is 0.0124. The molecule has 0 bridgehead atoms. The fraction of sp³-hybridized carbons (Fsp3) is 0.273. The van der Waals surface area contributed by atoms with E-state index < -0.39 is 0 Å². The van der Waals surface area contributed by atoms with Gasteiger partial charge in [-0.25, -0.2) is 9.97 Å². The first kappa shape index (κ1) is 21.6. The number of amides is 1. The summed E-state index contributed by atoms with van der Waals surface area (Å²) in [4.78, 5) is 23.8. The Balaban J connectivity index is 1.49. The van der Waals surface area contributed by atoms with Crippen molar-refractivity contribution in [2.45, 2.75) is 40.0 Å². The second-order valence-electron chi connectivity index (χ2n) is 8.34. The molecule has 3 aromatic heterocycles. The zero-order valence-corrected chi connectivity index (χ0v) is 19.4. The van der Waals surface area contributed by atoms with E-state index in [-0.39, 0.29) is 11.3 Å². The van der Waals surface area contributed by atoms with E-state index >= 15 is 0 Å². The molecule has 0 saturated heterocycles. The van der Waals surface area contributed by atoms with Crippen molar-refractivity contribution >= 4 is 39.0 Å². The molecule has 164 valence electrons. The van der Waals surface area contributed by atoms with Gasteiger partial charge < -0.3 is 5.32 Å². The number of aryl methyl sites for hydroxylation is 2. The number of benzene rings is 1. The van der Waals surface area contributed by atoms with Crippen molar-refractivity contribution in [1.29, 1.82) is 0 Å². The predicted octanol–water partition coefficient (Wildman–Crippen LogP) is 4.15. The first-order chi connectivity index (χ1) is 15.2. The highest BCUT2D eigenvalue weighted by Gasteiger charge is 2.21. The van der Waals surface area contributed by atoms with Gasteiger partial charge in [-0.3, -0.25) is 10.1 Å². The number of aromatic nitrogens is 6. The maximum atomic E-state index is 12.4. The van der Waals surface area contributed by atoms with E-state index in [9.17, 15) is 4.79 Å². The zero-order valence-electron chi connectivity index (χ0n) is 18.5. The molecule has 0 aliphatic rings. The number of anilines is 2. The van der Waals surface area contributed by atoms with Gasteiger partial charge in [-0.05, 0) is 48.1 Å². The van der Waals surface area contributed by atoms with Crippen molar-refractivity contribution < 1.29 is 4.79 Å². The molecule has 4 rings (SSSR count). The molecule has 32 heavy (non-hydrogen) atoms. The molecule has 0 radical (unpaired) electrons. The number of nitrogens with one attached hydrogen (secondary N) is 2. The molecule has 0 atom stereocenters. The van der Waals surface area contributed by atoms with Crippen LogP contribution >= 0.6 is 11.3 Å². The number of nitrogens with zero attached hydrogens (tertiary/aromatic N) is 6. The van der Waals surface area contributed by atoms with Crippen LogP contribution in [0.1, 0.15) is 37.2 Å². The molecule has 9 nitrogen and oxygen atoms in total. The average molecular weight is 449 g/mol. The van der Waals surface area contributed by atoms with Crippen LogP contribution in [0.5, 0.6) is 0 Å². The first-order valence-corrected chi connectivity index (χ1v) is 10.9. The smallest absolute Gasteiger partial charge is 0.251 e. The fourth-order valence-corrected chi connectivity index (χ4v) is 4.31. The topological polar surface area (TPSA) is 111 Å². The zero-order chi connectivity index (χ0) is 22.9. The summed E-state index contributed by atoms with van der Waals surface area (Å²) in [5.41, 5.74) is 1.69. The van der Waals surface area contributed by atoms with Crippen molar-refractivity contribution in [3.8, 4) is 5.69 Å². The number of thiazole rings is 1. The van der Waals surface area contributed by atoms with Gasteiger partial charge in [0.1, 0.15) is 5.82 Å². The number of pyridine rings is 1. The van der Waals surface area contributed by atoms with E-state index in [4.69, 9.17) is 0 Å². The van der Waals surface area contributed by atoms with Crippen LogP contribution in [0.4, 0.5) is 10.9 Å². The molecule has 0 saturated carbocycles. The molecule has 1 amide bonds. The summed E-state index contributed by atoms with van der Waals surface area (Å²) in [6.07, 6.45) is 4.69. The summed E-state index contributed by atoms with van der Waals surface area (Å²) < 4.78 is 0. The maximum Gasteiger partial charge on any atom is 0.251 e. The van der Waals surface area contributed by atoms with Gasteiger partial charge in [0.25, 0.3) is 5.91 Å². The van der Waals surface area contributed by atoms with Gasteiger partial charge in [-0.2, -0.15) is 0 Å². The molecule has 0 aliphatic heterocycles. The molecule has 10 heteroatoms. The van der Waals surface area contributed by atoms with Crippen LogP contribution in [0.3, 0.4) is 0 Å². The van der Waals surface area contributed by atoms with Gasteiger partial charge in [0, 0.05) is 28.7 Å². The van der Waals surface area contributed by atoms with E-state index in [0.29, 0.717) is 16.8 Å². The van der Waals surface area contributed by atoms with Crippen LogP contribution in [0.2, 0.25) is 0 Å². The number of hydrogen-bond acceptors (Lipinski definition) is 8. The Labute approximate surface area is 189 Å². The van der Waals surface area contributed by atoms with Crippen LogP contribution in [0.15, 0.2) is 42.7 Å². The molecule has 0 spiro atoms. The number of carbonyl (C=O) groups is 1. The third-order valence-corrected chi connectivity index (χ3v) is 6.16. The lowest BCUT2D eigenvalue weighted by molar-refractivity contribution is -0.111. The second kappa shape index (κ2) is 8.46. The Hall–Kier alpha value is -3.66. The minimum atomic E-state index is -0.269. The summed E-state index contributed by atoms with van der Waals surface area (Å²) in [7, 11) is 0. The van der Waals surface area contributed by atoms with Gasteiger partial charge in [0.2, 0.25) is 0 Å². The van der Waals surface area contributed by atoms with Crippen molar-refractivity contribution in [3.05, 3.63) is 59.1 Å². The Morgan fingerprint density at radius 1 is 1.19 bits per heavy atom. The number of rotatable bonds is 5. The summed E-state index contributed by atoms with van der Waals surface area (Å²) >= 11 is 1.50. The number of carbonyl (C=O) groups excluding carboxylic acids is 1. The van der Waals surface area contributed by atoms with Crippen molar-refractivity contribution in [2.24, 2.45) is 0 Å². The molecule has 0 unspecified atom stereocenters. The average Bonchev–Trinajstić information content (AvgIpc) is 3.33. The van der Waals surface area contributed by atoms with Gasteiger partial charge in [-0.1, -0.05) is 26.8 Å². The van der Waals surface area contributed by atoms with E-state index in [1.165, 1.54) is 22.2 Å². The lowest BCUT2D eigenvalue weighted by Gasteiger charge is -2.16. The van der Waals surface area contributed by atoms with E-state index in [1.807, 2.05) is 31.2 Å². The van der Waals surface area contributed by atoms with Crippen LogP contribution in [0.25, 0.3) is 16.5 Å². The maximum absolute atomic E-state index is 12.4. The number of hydrogen-bond donors (Lipinski definition) is 2. The quantitative estimate of drug-likeness (QED) is 0.441. The standard InChI is InChI=1S/C22H24N8OS/c1-13-19(22(3,4)5)32-21(25-13)26-18(31)9-11-24-20-17-12-16(30-28-14(2)27-29-30)7-6-15(17)8-10-23-20/h6-12H,1-5H3,(H,23,24)(H,25,26,31). The minimum Gasteiger partial charge on any atom is -0.346 e. The van der Waals surface area contributed by atoms with E-state index in [0.717, 1.165) is 27.0 Å². The molecule has 4 aromatic rings. The van der Waals surface area contributed by atoms with Gasteiger partial charge in [0.15, 0.2) is 11.0 Å². The second-order valence-corrected chi connectivity index (χ2v) is 9.34. The predicted molar refractivity (Wildman–Crippen MR) is 126 cm³/mol. The Morgan fingerprint density at radius 3 is 2.69 bits per heavy atom. The SMILES string of the molecule is Cc1nnn(-c2ccc3ccnc(NC=CC(=O)Nc4nc(C)c(C(C)(C)C)s4)c3c2)n1. The highest BCUT2D eigenvalue weighted by atomic mass is 32.1. The molecule has 3 heterocycles. The summed E-state index contributed by atoms with van der Waals surface area (Å²) in [6.45, 7) is 10.1. The lowest BCUT2D eigenvalue weighted by Crippen LogP contribution is -2.10. The van der Waals surface area contributed by atoms with Gasteiger partial charge >= 0.3 is 0 Å². The molecule has 0 fully saturated rings. The van der Waals surface area contributed by atoms with E-state index in [1.54, 1.807) is 19.3 Å². The molecular formula is C22H24N8OS. The Kier molecular flexibility index (Phi) is 5.70. The highest BCUT2D eigenvalue weighted by Crippen LogP contribution is 2.33. The van der Waals surface area contributed by atoms with Crippen LogP contribution in [-0.4, -0.2) is 36.1 Å². The third kappa shape index (κ3) is 4.65. The summed E-state index contributed by atoms with van der Waals surface area (Å²) in [6, 6.07) is 7.72. The van der Waals surface area contributed by atoms with E-state index in [2.05, 4.69) is 56.8 Å². The van der Waals surface area contributed by atoms with Crippen LogP contribution in [-0.2, 0) is 10.2 Å². The highest BCUT2D eigenvalue weighted by molar-refractivity contribution is 7.16. The van der Waals surface area contributed by atoms with Crippen LogP contribution in [0, 0.1) is 13.8 Å². The van der Waals surface area contributed by atoms with Crippen molar-refractivity contribution in [1.82, 2.24) is 30.2 Å². The Morgan fingerprint density at radius 2 is 2.00 bits per heavy atom. The normalized spacial score (nSPS) is 11.9. The van der Waals surface area contributed by atoms with Crippen molar-refractivity contribution in [3.63, 3.8) is 0 Å². The monoisotopic (exact) mass is 448 g/mol. The lowest BCUT2D eigenvalue weighted by atomic mass is 9.94. The molecule has 0 aliphatic carbocycles. The number of tetrazole rings is 1.